The Hall–Kier alpha value is -2.58. The Morgan fingerprint density at radius 3 is 1.73 bits per heavy atom. The smallest absolute Gasteiger partial charge is 0.176 e. The Morgan fingerprint density at radius 2 is 1.18 bits per heavy atom. The van der Waals surface area contributed by atoms with Gasteiger partial charge in [0.2, 0.25) is 0 Å². The number of rotatable bonds is 10. The Kier molecular flexibility index (Phi) is 8.60. The molecule has 0 radical (unpaired) electrons. The lowest BCUT2D eigenvalue weighted by molar-refractivity contribution is -0.280. The third kappa shape index (κ3) is 6.71. The van der Waals surface area contributed by atoms with Crippen molar-refractivity contribution in [2.24, 2.45) is 5.73 Å². The van der Waals surface area contributed by atoms with Crippen LogP contribution in [0.4, 0.5) is 0 Å². The highest BCUT2D eigenvalue weighted by Crippen LogP contribution is 2.25. The van der Waals surface area contributed by atoms with E-state index in [0.29, 0.717) is 19.8 Å². The van der Waals surface area contributed by atoms with Crippen LogP contribution in [-0.4, -0.2) is 42.4 Å². The van der Waals surface area contributed by atoms with E-state index in [-0.39, 0.29) is 6.61 Å². The molecule has 1 heterocycles. The zero-order valence-corrected chi connectivity index (χ0v) is 18.5. The van der Waals surface area contributed by atoms with E-state index in [9.17, 15) is 5.11 Å². The highest BCUT2D eigenvalue weighted by atomic mass is 16.7. The summed E-state index contributed by atoms with van der Waals surface area (Å²) in [5.74, 6) is 0. The van der Waals surface area contributed by atoms with Gasteiger partial charge in [0.15, 0.2) is 6.29 Å². The third-order valence-corrected chi connectivity index (χ3v) is 5.66. The zero-order valence-electron chi connectivity index (χ0n) is 18.5. The van der Waals surface area contributed by atoms with Crippen molar-refractivity contribution in [3.05, 3.63) is 108 Å². The monoisotopic (exact) mass is 449 g/mol. The molecular formula is C27H31NO5. The largest absolute Gasteiger partial charge is 0.388 e. The molecule has 3 N–H and O–H groups in total. The van der Waals surface area contributed by atoms with Crippen molar-refractivity contribution < 1.29 is 24.1 Å². The number of aliphatic hydroxyl groups is 1. The van der Waals surface area contributed by atoms with Crippen LogP contribution in [0.1, 0.15) is 16.7 Å². The number of aliphatic hydroxyl groups excluding tert-OH is 1. The topological polar surface area (TPSA) is 83.2 Å². The second-order valence-electron chi connectivity index (χ2n) is 8.17. The second-order valence-corrected chi connectivity index (χ2v) is 8.17. The summed E-state index contributed by atoms with van der Waals surface area (Å²) in [5, 5.41) is 11.0. The van der Waals surface area contributed by atoms with E-state index in [4.69, 9.17) is 24.7 Å². The summed E-state index contributed by atoms with van der Waals surface area (Å²) in [4.78, 5) is 0. The molecule has 1 aliphatic rings. The molecule has 0 aliphatic carbocycles. The maximum Gasteiger partial charge on any atom is 0.176 e. The quantitative estimate of drug-likeness (QED) is 0.494. The molecule has 1 aliphatic heterocycles. The van der Waals surface area contributed by atoms with Crippen molar-refractivity contribution in [3.63, 3.8) is 0 Å². The van der Waals surface area contributed by atoms with E-state index in [2.05, 4.69) is 0 Å². The van der Waals surface area contributed by atoms with Gasteiger partial charge in [-0.1, -0.05) is 91.0 Å². The van der Waals surface area contributed by atoms with E-state index in [1.807, 2.05) is 91.0 Å². The molecule has 1 unspecified atom stereocenters. The second kappa shape index (κ2) is 12.0. The molecule has 4 rings (SSSR count). The molecule has 174 valence electrons. The number of hydrogen-bond acceptors (Lipinski definition) is 6. The molecule has 3 aromatic rings. The van der Waals surface area contributed by atoms with Gasteiger partial charge in [-0.25, -0.2) is 0 Å². The van der Waals surface area contributed by atoms with Crippen LogP contribution in [0, 0.1) is 0 Å². The molecule has 6 nitrogen and oxygen atoms in total. The van der Waals surface area contributed by atoms with Gasteiger partial charge in [0, 0.05) is 0 Å². The van der Waals surface area contributed by atoms with Gasteiger partial charge < -0.3 is 29.8 Å². The van der Waals surface area contributed by atoms with E-state index < -0.39 is 30.6 Å². The van der Waals surface area contributed by atoms with Gasteiger partial charge in [-0.2, -0.15) is 0 Å². The Bertz CT molecular complexity index is 941. The molecule has 6 heteroatoms. The minimum Gasteiger partial charge on any atom is -0.388 e. The maximum absolute atomic E-state index is 11.0. The van der Waals surface area contributed by atoms with Crippen molar-refractivity contribution >= 4 is 0 Å². The maximum atomic E-state index is 11.0. The summed E-state index contributed by atoms with van der Waals surface area (Å²) >= 11 is 0. The van der Waals surface area contributed by atoms with Crippen LogP contribution < -0.4 is 5.73 Å². The molecule has 3 aromatic carbocycles. The fraction of sp³-hybridized carbons (Fsp3) is 0.333. The zero-order chi connectivity index (χ0) is 22.9. The highest BCUT2D eigenvalue weighted by Gasteiger charge is 2.45. The van der Waals surface area contributed by atoms with Gasteiger partial charge in [0.05, 0.1) is 32.5 Å². The summed E-state index contributed by atoms with van der Waals surface area (Å²) in [5.41, 5.74) is 9.51. The van der Waals surface area contributed by atoms with E-state index >= 15 is 0 Å². The van der Waals surface area contributed by atoms with Crippen molar-refractivity contribution in [2.75, 3.05) is 6.61 Å². The van der Waals surface area contributed by atoms with E-state index in [1.165, 1.54) is 0 Å². The summed E-state index contributed by atoms with van der Waals surface area (Å²) < 4.78 is 24.0. The first-order valence-electron chi connectivity index (χ1n) is 11.2. The Morgan fingerprint density at radius 1 is 0.697 bits per heavy atom. The molecule has 0 spiro atoms. The predicted octanol–water partition coefficient (Wildman–Crippen LogP) is 3.42. The Balaban J connectivity index is 1.41. The van der Waals surface area contributed by atoms with Crippen molar-refractivity contribution in [1.82, 2.24) is 0 Å². The van der Waals surface area contributed by atoms with Crippen LogP contribution in [0.3, 0.4) is 0 Å². The molecule has 0 aromatic heterocycles. The molecule has 33 heavy (non-hydrogen) atoms. The van der Waals surface area contributed by atoms with Crippen molar-refractivity contribution in [3.8, 4) is 0 Å². The standard InChI is InChI=1S/C27H31NO5/c28-24-26(31-17-21-12-6-2-7-13-21)25(29)23(19-30-16-20-10-4-1-5-11-20)33-27(24)32-18-22-14-8-3-9-15-22/h1-15,23-27,29H,16-19,28H2/t23-,24-,25-,26-,27?/m1/s1. The first-order chi connectivity index (χ1) is 16.2. The van der Waals surface area contributed by atoms with Gasteiger partial charge in [-0.05, 0) is 16.7 Å². The lowest BCUT2D eigenvalue weighted by Crippen LogP contribution is -2.63. The van der Waals surface area contributed by atoms with E-state index in [1.54, 1.807) is 0 Å². The van der Waals surface area contributed by atoms with Crippen molar-refractivity contribution in [1.29, 1.82) is 0 Å². The Labute approximate surface area is 194 Å². The summed E-state index contributed by atoms with van der Waals surface area (Å²) in [7, 11) is 0. The van der Waals surface area contributed by atoms with Gasteiger partial charge in [0.25, 0.3) is 0 Å². The molecule has 5 atom stereocenters. The average Bonchev–Trinajstić information content (AvgIpc) is 2.86. The van der Waals surface area contributed by atoms with E-state index in [0.717, 1.165) is 16.7 Å². The van der Waals surface area contributed by atoms with Crippen LogP contribution in [0.2, 0.25) is 0 Å². The molecule has 0 saturated carbocycles. The highest BCUT2D eigenvalue weighted by molar-refractivity contribution is 5.15. The fourth-order valence-corrected chi connectivity index (χ4v) is 3.82. The van der Waals surface area contributed by atoms with Gasteiger partial charge >= 0.3 is 0 Å². The van der Waals surface area contributed by atoms with Crippen LogP contribution in [0.25, 0.3) is 0 Å². The average molecular weight is 450 g/mol. The first kappa shape index (κ1) is 23.6. The number of ether oxygens (including phenoxy) is 4. The minimum atomic E-state index is -0.948. The molecule has 1 fully saturated rings. The van der Waals surface area contributed by atoms with Gasteiger partial charge in [-0.15, -0.1) is 0 Å². The predicted molar refractivity (Wildman–Crippen MR) is 125 cm³/mol. The van der Waals surface area contributed by atoms with Crippen LogP contribution in [-0.2, 0) is 38.8 Å². The first-order valence-corrected chi connectivity index (χ1v) is 11.2. The van der Waals surface area contributed by atoms with Crippen LogP contribution in [0.5, 0.6) is 0 Å². The van der Waals surface area contributed by atoms with Crippen LogP contribution in [0.15, 0.2) is 91.0 Å². The lowest BCUT2D eigenvalue weighted by atomic mass is 9.97. The molecule has 0 amide bonds. The summed E-state index contributed by atoms with van der Waals surface area (Å²) in [6.07, 6.45) is -2.98. The summed E-state index contributed by atoms with van der Waals surface area (Å²) in [6, 6.07) is 28.8. The lowest BCUT2D eigenvalue weighted by Gasteiger charge is -2.43. The number of hydrogen-bond donors (Lipinski definition) is 2. The van der Waals surface area contributed by atoms with Crippen molar-refractivity contribution in [2.45, 2.75) is 50.5 Å². The SMILES string of the molecule is N[C@H]1C(OCc2ccccc2)O[C@H](COCc2ccccc2)[C@@H](O)[C@@H]1OCc1ccccc1. The van der Waals surface area contributed by atoms with Gasteiger partial charge in [0.1, 0.15) is 18.3 Å². The molecule has 0 bridgehead atoms. The molecule has 1 saturated heterocycles. The number of nitrogens with two attached hydrogens (primary N) is 1. The van der Waals surface area contributed by atoms with Crippen LogP contribution >= 0.6 is 0 Å². The normalized spacial score (nSPS) is 25.1. The van der Waals surface area contributed by atoms with Gasteiger partial charge in [-0.3, -0.25) is 0 Å². The fourth-order valence-electron chi connectivity index (χ4n) is 3.82. The number of benzene rings is 3. The summed E-state index contributed by atoms with van der Waals surface area (Å²) in [6.45, 7) is 1.29. The third-order valence-electron chi connectivity index (χ3n) is 5.66. The molecular weight excluding hydrogens is 418 g/mol. The minimum absolute atomic E-state index is 0.194.